The van der Waals surface area contributed by atoms with E-state index in [0.29, 0.717) is 31.6 Å². The topological polar surface area (TPSA) is 46.5 Å². The van der Waals surface area contributed by atoms with Crippen molar-refractivity contribution in [2.45, 2.75) is 31.9 Å². The fraction of sp³-hybridized carbons (Fsp3) is 0.462. The number of ether oxygens (including phenoxy) is 1. The predicted octanol–water partition coefficient (Wildman–Crippen LogP) is 3.73. The van der Waals surface area contributed by atoms with Crippen LogP contribution >= 0.6 is 0 Å². The van der Waals surface area contributed by atoms with E-state index in [2.05, 4.69) is 0 Å². The van der Waals surface area contributed by atoms with Gasteiger partial charge in [-0.15, -0.1) is 0 Å². The summed E-state index contributed by atoms with van der Waals surface area (Å²) in [6.45, 7) is 0.366. The van der Waals surface area contributed by atoms with Crippen LogP contribution in [0.3, 0.4) is 0 Å². The second-order valence-corrected chi connectivity index (χ2v) is 4.07. The fourth-order valence-electron chi connectivity index (χ4n) is 1.49. The number of hydrogen-bond acceptors (Lipinski definition) is 2. The summed E-state index contributed by atoms with van der Waals surface area (Å²) in [5.41, 5.74) is -0.707. The molecule has 3 nitrogen and oxygen atoms in total. The molecule has 0 spiro atoms. The van der Waals surface area contributed by atoms with E-state index < -0.39 is 17.7 Å². The van der Waals surface area contributed by atoms with Crippen LogP contribution in [0.5, 0.6) is 5.75 Å². The summed E-state index contributed by atoms with van der Waals surface area (Å²) in [4.78, 5) is 10.2. The quantitative estimate of drug-likeness (QED) is 0.772. The lowest BCUT2D eigenvalue weighted by atomic mass is 10.2. The Morgan fingerprint density at radius 1 is 1.11 bits per heavy atom. The normalized spacial score (nSPS) is 11.3. The first kappa shape index (κ1) is 15.3. The van der Waals surface area contributed by atoms with Crippen molar-refractivity contribution in [2.75, 3.05) is 6.61 Å². The summed E-state index contributed by atoms with van der Waals surface area (Å²) in [6.07, 6.45) is -2.25. The van der Waals surface area contributed by atoms with Crippen LogP contribution in [0.4, 0.5) is 13.2 Å². The Morgan fingerprint density at radius 3 is 2.26 bits per heavy atom. The third kappa shape index (κ3) is 6.13. The van der Waals surface area contributed by atoms with Gasteiger partial charge in [-0.05, 0) is 43.5 Å². The van der Waals surface area contributed by atoms with E-state index in [1.807, 2.05) is 0 Å². The average Bonchev–Trinajstić information content (AvgIpc) is 2.32. The summed E-state index contributed by atoms with van der Waals surface area (Å²) in [5.74, 6) is -0.449. The Morgan fingerprint density at radius 2 is 1.74 bits per heavy atom. The molecule has 0 aliphatic heterocycles. The van der Waals surface area contributed by atoms with Gasteiger partial charge < -0.3 is 9.84 Å². The number of unbranched alkanes of at least 4 members (excludes halogenated alkanes) is 2. The minimum Gasteiger partial charge on any atom is -0.494 e. The highest BCUT2D eigenvalue weighted by molar-refractivity contribution is 5.66. The maximum atomic E-state index is 12.3. The summed E-state index contributed by atoms with van der Waals surface area (Å²) in [7, 11) is 0. The van der Waals surface area contributed by atoms with Gasteiger partial charge in [-0.3, -0.25) is 4.79 Å². The van der Waals surface area contributed by atoms with Crippen LogP contribution < -0.4 is 4.74 Å². The lowest BCUT2D eigenvalue weighted by Gasteiger charge is -2.09. The minimum atomic E-state index is -4.34. The highest BCUT2D eigenvalue weighted by atomic mass is 19.4. The summed E-state index contributed by atoms with van der Waals surface area (Å²) in [6, 6.07) is 4.50. The van der Waals surface area contributed by atoms with Crippen molar-refractivity contribution in [3.05, 3.63) is 29.8 Å². The monoisotopic (exact) mass is 276 g/mol. The van der Waals surface area contributed by atoms with E-state index in [-0.39, 0.29) is 6.42 Å². The number of halogens is 3. The predicted molar refractivity (Wildman–Crippen MR) is 63.0 cm³/mol. The average molecular weight is 276 g/mol. The van der Waals surface area contributed by atoms with Crippen LogP contribution in [0.2, 0.25) is 0 Å². The molecule has 19 heavy (non-hydrogen) atoms. The molecule has 0 radical (unpaired) electrons. The first-order chi connectivity index (χ1) is 8.89. The van der Waals surface area contributed by atoms with Crippen LogP contribution in [-0.4, -0.2) is 17.7 Å². The van der Waals surface area contributed by atoms with Gasteiger partial charge in [-0.2, -0.15) is 13.2 Å². The Hall–Kier alpha value is -1.72. The molecule has 0 saturated carbocycles. The number of carboxylic acid groups (broad SMARTS) is 1. The zero-order chi connectivity index (χ0) is 14.3. The molecule has 0 bridgehead atoms. The molecule has 106 valence electrons. The zero-order valence-corrected chi connectivity index (χ0v) is 10.2. The molecule has 0 unspecified atom stereocenters. The molecule has 1 aromatic rings. The molecule has 0 fully saturated rings. The van der Waals surface area contributed by atoms with Crippen molar-refractivity contribution >= 4 is 5.97 Å². The van der Waals surface area contributed by atoms with Crippen molar-refractivity contribution in [1.82, 2.24) is 0 Å². The molecule has 0 atom stereocenters. The number of benzene rings is 1. The van der Waals surface area contributed by atoms with Crippen LogP contribution in [0.15, 0.2) is 24.3 Å². The smallest absolute Gasteiger partial charge is 0.416 e. The van der Waals surface area contributed by atoms with Gasteiger partial charge in [0.05, 0.1) is 12.2 Å². The molecule has 0 heterocycles. The molecule has 0 aliphatic carbocycles. The van der Waals surface area contributed by atoms with Gasteiger partial charge in [-0.1, -0.05) is 0 Å². The van der Waals surface area contributed by atoms with Crippen molar-refractivity contribution in [2.24, 2.45) is 0 Å². The molecule has 1 aromatic carbocycles. The summed E-state index contributed by atoms with van der Waals surface area (Å²) in [5, 5.41) is 8.42. The van der Waals surface area contributed by atoms with E-state index in [9.17, 15) is 18.0 Å². The zero-order valence-electron chi connectivity index (χ0n) is 10.2. The number of carboxylic acids is 1. The second-order valence-electron chi connectivity index (χ2n) is 4.07. The Bertz CT molecular complexity index is 399. The third-order valence-corrected chi connectivity index (χ3v) is 2.49. The summed E-state index contributed by atoms with van der Waals surface area (Å²) < 4.78 is 42.1. The van der Waals surface area contributed by atoms with Gasteiger partial charge in [0.2, 0.25) is 0 Å². The van der Waals surface area contributed by atoms with Crippen LogP contribution in [0.25, 0.3) is 0 Å². The Kier molecular flexibility index (Phi) is 5.66. The Balaban J connectivity index is 2.25. The molecule has 0 aromatic heterocycles. The van der Waals surface area contributed by atoms with E-state index in [0.717, 1.165) is 12.1 Å². The summed E-state index contributed by atoms with van der Waals surface area (Å²) >= 11 is 0. The molecular weight excluding hydrogens is 261 g/mol. The van der Waals surface area contributed by atoms with Gasteiger partial charge in [-0.25, -0.2) is 0 Å². The lowest BCUT2D eigenvalue weighted by Crippen LogP contribution is -2.04. The SMILES string of the molecule is O=C(O)CCCCCOc1ccc(C(F)(F)F)cc1. The number of aliphatic carboxylic acids is 1. The number of carbonyl (C=O) groups is 1. The third-order valence-electron chi connectivity index (χ3n) is 2.49. The number of rotatable bonds is 7. The van der Waals surface area contributed by atoms with E-state index in [1.165, 1.54) is 12.1 Å². The van der Waals surface area contributed by atoms with Gasteiger partial charge in [0.25, 0.3) is 0 Å². The van der Waals surface area contributed by atoms with E-state index >= 15 is 0 Å². The fourth-order valence-corrected chi connectivity index (χ4v) is 1.49. The molecule has 1 N–H and O–H groups in total. The van der Waals surface area contributed by atoms with Gasteiger partial charge in [0.15, 0.2) is 0 Å². The van der Waals surface area contributed by atoms with Crippen molar-refractivity contribution in [3.8, 4) is 5.75 Å². The van der Waals surface area contributed by atoms with E-state index in [4.69, 9.17) is 9.84 Å². The highest BCUT2D eigenvalue weighted by Crippen LogP contribution is 2.30. The molecule has 6 heteroatoms. The maximum Gasteiger partial charge on any atom is 0.416 e. The van der Waals surface area contributed by atoms with Crippen LogP contribution in [-0.2, 0) is 11.0 Å². The van der Waals surface area contributed by atoms with Crippen molar-refractivity contribution < 1.29 is 27.8 Å². The van der Waals surface area contributed by atoms with Crippen LogP contribution in [0, 0.1) is 0 Å². The standard InChI is InChI=1S/C13H15F3O3/c14-13(15,16)10-5-7-11(8-6-10)19-9-3-1-2-4-12(17)18/h5-8H,1-4,9H2,(H,17,18). The van der Waals surface area contributed by atoms with Crippen LogP contribution in [0.1, 0.15) is 31.2 Å². The first-order valence-electron chi connectivity index (χ1n) is 5.91. The maximum absolute atomic E-state index is 12.3. The van der Waals surface area contributed by atoms with Crippen molar-refractivity contribution in [3.63, 3.8) is 0 Å². The largest absolute Gasteiger partial charge is 0.494 e. The molecular formula is C13H15F3O3. The highest BCUT2D eigenvalue weighted by Gasteiger charge is 2.29. The molecule has 1 rings (SSSR count). The number of alkyl halides is 3. The minimum absolute atomic E-state index is 0.125. The molecule has 0 amide bonds. The van der Waals surface area contributed by atoms with Gasteiger partial charge in [0.1, 0.15) is 5.75 Å². The Labute approximate surface area is 109 Å². The van der Waals surface area contributed by atoms with E-state index in [1.54, 1.807) is 0 Å². The van der Waals surface area contributed by atoms with Gasteiger partial charge >= 0.3 is 12.1 Å². The molecule has 0 saturated heterocycles. The molecule has 0 aliphatic rings. The number of hydrogen-bond donors (Lipinski definition) is 1. The van der Waals surface area contributed by atoms with Gasteiger partial charge in [0, 0.05) is 6.42 Å². The first-order valence-corrected chi connectivity index (χ1v) is 5.91. The second kappa shape index (κ2) is 7.01. The van der Waals surface area contributed by atoms with Crippen molar-refractivity contribution in [1.29, 1.82) is 0 Å². The lowest BCUT2D eigenvalue weighted by molar-refractivity contribution is -0.138.